The standard InChI is InChI=1S/C29H30N2O3S/c32-25(33)11-8-20-4-3-5-22(18-20)31(26(34)21-9-10-21)19-28-12-15-29(16-13-28,17-14-28)27-30-23-6-1-2-7-24(23)35-27/h1-8,11,18,21H,9-10,12-17,19H2,(H,32,33)/b11-8+. The number of aromatic nitrogens is 1. The normalized spacial score (nSPS) is 25.8. The summed E-state index contributed by atoms with van der Waals surface area (Å²) in [7, 11) is 0. The van der Waals surface area contributed by atoms with E-state index in [9.17, 15) is 9.59 Å². The fourth-order valence-electron chi connectivity index (χ4n) is 6.07. The Balaban J connectivity index is 1.24. The maximum atomic E-state index is 13.4. The average molecular weight is 487 g/mol. The number of aliphatic carboxylic acids is 1. The van der Waals surface area contributed by atoms with Gasteiger partial charge >= 0.3 is 5.97 Å². The third kappa shape index (κ3) is 4.29. The number of hydrogen-bond donors (Lipinski definition) is 1. The van der Waals surface area contributed by atoms with Gasteiger partial charge in [0.1, 0.15) is 0 Å². The van der Waals surface area contributed by atoms with E-state index < -0.39 is 5.97 Å². The van der Waals surface area contributed by atoms with Crippen LogP contribution >= 0.6 is 11.3 Å². The number of carboxylic acid groups (broad SMARTS) is 1. The smallest absolute Gasteiger partial charge is 0.328 e. The van der Waals surface area contributed by atoms with Crippen LogP contribution in [0.15, 0.2) is 54.6 Å². The molecule has 0 unspecified atom stereocenters. The fourth-order valence-corrected chi connectivity index (χ4v) is 7.31. The van der Waals surface area contributed by atoms with Gasteiger partial charge in [0.15, 0.2) is 0 Å². The van der Waals surface area contributed by atoms with E-state index in [-0.39, 0.29) is 22.7 Å². The summed E-state index contributed by atoms with van der Waals surface area (Å²) in [6, 6.07) is 16.2. The molecule has 4 aliphatic rings. The van der Waals surface area contributed by atoms with Gasteiger partial charge < -0.3 is 10.0 Å². The molecular formula is C29H30N2O3S. The Morgan fingerprint density at radius 1 is 1.03 bits per heavy atom. The molecule has 4 fully saturated rings. The van der Waals surface area contributed by atoms with Crippen LogP contribution in [0.5, 0.6) is 0 Å². The quantitative estimate of drug-likeness (QED) is 0.391. The number of anilines is 1. The number of fused-ring (bicyclic) bond motifs is 4. The Hall–Kier alpha value is -2.99. The monoisotopic (exact) mass is 486 g/mol. The third-order valence-corrected chi connectivity index (χ3v) is 9.72. The Morgan fingerprint density at radius 2 is 1.77 bits per heavy atom. The Bertz CT molecular complexity index is 1260. The molecule has 0 radical (unpaired) electrons. The van der Waals surface area contributed by atoms with Crippen molar-refractivity contribution in [2.24, 2.45) is 11.3 Å². The summed E-state index contributed by atoms with van der Waals surface area (Å²) in [5, 5.41) is 10.3. The van der Waals surface area contributed by atoms with Crippen molar-refractivity contribution >= 4 is 45.2 Å². The molecular weight excluding hydrogens is 456 g/mol. The molecule has 1 heterocycles. The minimum Gasteiger partial charge on any atom is -0.478 e. The molecule has 0 aliphatic heterocycles. The van der Waals surface area contributed by atoms with Crippen LogP contribution in [0.2, 0.25) is 0 Å². The molecule has 0 saturated heterocycles. The number of nitrogens with zero attached hydrogens (tertiary/aromatic N) is 2. The van der Waals surface area contributed by atoms with Crippen molar-refractivity contribution in [2.75, 3.05) is 11.4 Å². The second-order valence-electron chi connectivity index (χ2n) is 10.7. The second-order valence-corrected chi connectivity index (χ2v) is 11.8. The molecule has 3 aromatic rings. The van der Waals surface area contributed by atoms with Crippen molar-refractivity contribution in [3.05, 3.63) is 65.2 Å². The third-order valence-electron chi connectivity index (χ3n) is 8.44. The molecule has 2 aromatic carbocycles. The van der Waals surface area contributed by atoms with Gasteiger partial charge in [-0.15, -0.1) is 11.3 Å². The first-order chi connectivity index (χ1) is 17.0. The number of carbonyl (C=O) groups excluding carboxylic acids is 1. The molecule has 0 spiro atoms. The van der Waals surface area contributed by atoms with Gasteiger partial charge in [0, 0.05) is 29.6 Å². The predicted octanol–water partition coefficient (Wildman–Crippen LogP) is 6.43. The van der Waals surface area contributed by atoms with E-state index in [1.54, 1.807) is 6.08 Å². The predicted molar refractivity (Wildman–Crippen MR) is 140 cm³/mol. The summed E-state index contributed by atoms with van der Waals surface area (Å²) in [5.41, 5.74) is 3.15. The lowest BCUT2D eigenvalue weighted by atomic mass is 9.53. The van der Waals surface area contributed by atoms with Gasteiger partial charge in [-0.2, -0.15) is 0 Å². The largest absolute Gasteiger partial charge is 0.478 e. The summed E-state index contributed by atoms with van der Waals surface area (Å²) in [6.45, 7) is 0.754. The van der Waals surface area contributed by atoms with E-state index >= 15 is 0 Å². The van der Waals surface area contributed by atoms with Crippen molar-refractivity contribution in [3.8, 4) is 0 Å². The van der Waals surface area contributed by atoms with Gasteiger partial charge in [0.2, 0.25) is 5.91 Å². The van der Waals surface area contributed by atoms with Crippen LogP contribution in [0.3, 0.4) is 0 Å². The van der Waals surface area contributed by atoms with Crippen molar-refractivity contribution in [1.82, 2.24) is 4.98 Å². The molecule has 0 atom stereocenters. The van der Waals surface area contributed by atoms with Crippen LogP contribution in [0, 0.1) is 11.3 Å². The van der Waals surface area contributed by atoms with Crippen LogP contribution in [0.25, 0.3) is 16.3 Å². The van der Waals surface area contributed by atoms with Crippen LogP contribution < -0.4 is 4.90 Å². The van der Waals surface area contributed by atoms with Gasteiger partial charge in [-0.25, -0.2) is 9.78 Å². The zero-order valence-electron chi connectivity index (χ0n) is 19.8. The van der Waals surface area contributed by atoms with Crippen molar-refractivity contribution in [1.29, 1.82) is 0 Å². The number of benzene rings is 2. The minimum absolute atomic E-state index is 0.138. The number of carboxylic acids is 1. The lowest BCUT2D eigenvalue weighted by Gasteiger charge is -2.54. The number of carbonyl (C=O) groups is 2. The molecule has 35 heavy (non-hydrogen) atoms. The highest BCUT2D eigenvalue weighted by Crippen LogP contribution is 2.59. The molecule has 4 saturated carbocycles. The first kappa shape index (κ1) is 22.5. The van der Waals surface area contributed by atoms with E-state index in [0.29, 0.717) is 0 Å². The first-order valence-electron chi connectivity index (χ1n) is 12.6. The number of para-hydroxylation sites is 1. The first-order valence-corrected chi connectivity index (χ1v) is 13.5. The van der Waals surface area contributed by atoms with Crippen molar-refractivity contribution < 1.29 is 14.7 Å². The fraction of sp³-hybridized carbons (Fsp3) is 0.414. The maximum Gasteiger partial charge on any atom is 0.328 e. The Morgan fingerprint density at radius 3 is 2.46 bits per heavy atom. The summed E-state index contributed by atoms with van der Waals surface area (Å²) in [4.78, 5) is 31.4. The number of thiazole rings is 1. The van der Waals surface area contributed by atoms with Gasteiger partial charge in [-0.05, 0) is 92.7 Å². The molecule has 180 valence electrons. The maximum absolute atomic E-state index is 13.4. The summed E-state index contributed by atoms with van der Waals surface area (Å²) in [6.07, 6.45) is 11.5. The average Bonchev–Trinajstić information content (AvgIpc) is 3.65. The number of rotatable bonds is 7. The molecule has 1 N–H and O–H groups in total. The lowest BCUT2D eigenvalue weighted by Crippen LogP contribution is -2.51. The molecule has 7 rings (SSSR count). The summed E-state index contributed by atoms with van der Waals surface area (Å²) >= 11 is 1.86. The van der Waals surface area contributed by atoms with Gasteiger partial charge in [0.05, 0.1) is 15.2 Å². The molecule has 4 aliphatic carbocycles. The van der Waals surface area contributed by atoms with Gasteiger partial charge in [-0.3, -0.25) is 4.79 Å². The molecule has 1 amide bonds. The van der Waals surface area contributed by atoms with Crippen molar-refractivity contribution in [3.63, 3.8) is 0 Å². The highest BCUT2D eigenvalue weighted by molar-refractivity contribution is 7.18. The SMILES string of the molecule is O=C(O)/C=C/c1cccc(N(CC23CCC(c4nc5ccccc5s4)(CC2)CC3)C(=O)C2CC2)c1. The van der Waals surface area contributed by atoms with Crippen LogP contribution in [0.1, 0.15) is 61.9 Å². The highest BCUT2D eigenvalue weighted by Gasteiger charge is 2.52. The molecule has 6 heteroatoms. The highest BCUT2D eigenvalue weighted by atomic mass is 32.1. The zero-order valence-corrected chi connectivity index (χ0v) is 20.6. The summed E-state index contributed by atoms with van der Waals surface area (Å²) < 4.78 is 1.28. The van der Waals surface area contributed by atoms with Crippen LogP contribution in [-0.4, -0.2) is 28.5 Å². The number of amides is 1. The van der Waals surface area contributed by atoms with E-state index in [1.165, 1.54) is 9.71 Å². The minimum atomic E-state index is -0.971. The van der Waals surface area contributed by atoms with Crippen LogP contribution in [0.4, 0.5) is 5.69 Å². The van der Waals surface area contributed by atoms with Crippen LogP contribution in [-0.2, 0) is 15.0 Å². The topological polar surface area (TPSA) is 70.5 Å². The molecule has 5 nitrogen and oxygen atoms in total. The lowest BCUT2D eigenvalue weighted by molar-refractivity contribution is -0.131. The molecule has 1 aromatic heterocycles. The summed E-state index contributed by atoms with van der Waals surface area (Å²) in [5.74, 6) is -0.604. The van der Waals surface area contributed by atoms with E-state index in [4.69, 9.17) is 10.1 Å². The Kier molecular flexibility index (Phi) is 5.52. The van der Waals surface area contributed by atoms with E-state index in [0.717, 1.165) is 80.8 Å². The van der Waals surface area contributed by atoms with Gasteiger partial charge in [0.25, 0.3) is 0 Å². The van der Waals surface area contributed by atoms with Gasteiger partial charge in [-0.1, -0.05) is 24.3 Å². The second kappa shape index (κ2) is 8.59. The number of hydrogen-bond acceptors (Lipinski definition) is 4. The zero-order chi connectivity index (χ0) is 24.0. The Labute approximate surface area is 209 Å². The molecule has 2 bridgehead atoms. The van der Waals surface area contributed by atoms with E-state index in [2.05, 4.69) is 24.3 Å². The van der Waals surface area contributed by atoms with Crippen molar-refractivity contribution in [2.45, 2.75) is 56.8 Å². The van der Waals surface area contributed by atoms with E-state index in [1.807, 2.05) is 40.5 Å².